The average molecular weight is 479 g/mol. The molecule has 184 valence electrons. The molecule has 0 fully saturated rings. The predicted molar refractivity (Wildman–Crippen MR) is 118 cm³/mol. The number of aliphatic hydroxyl groups excluding tert-OH is 1. The summed E-state index contributed by atoms with van der Waals surface area (Å²) in [6.45, 7) is 4.83. The van der Waals surface area contributed by atoms with Crippen molar-refractivity contribution in [3.8, 4) is 0 Å². The smallest absolute Gasteiger partial charge is 0.326 e. The monoisotopic (exact) mass is 478 g/mol. The number of thioether (sulfide) groups is 1. The fourth-order valence-corrected chi connectivity index (χ4v) is 3.08. The molecular weight excluding hydrogens is 444 g/mol. The van der Waals surface area contributed by atoms with Crippen molar-refractivity contribution in [2.45, 2.75) is 70.3 Å². The summed E-state index contributed by atoms with van der Waals surface area (Å²) >= 11 is 1.42. The molecule has 5 unspecified atom stereocenters. The van der Waals surface area contributed by atoms with Crippen LogP contribution in [0, 0.1) is 5.92 Å². The fourth-order valence-electron chi connectivity index (χ4n) is 2.61. The molecule has 0 saturated heterocycles. The second-order valence-corrected chi connectivity index (χ2v) is 8.78. The molecule has 0 radical (unpaired) electrons. The zero-order valence-electron chi connectivity index (χ0n) is 18.7. The summed E-state index contributed by atoms with van der Waals surface area (Å²) in [7, 11) is 0. The quantitative estimate of drug-likeness (QED) is 0.145. The van der Waals surface area contributed by atoms with Gasteiger partial charge in [-0.3, -0.25) is 19.2 Å². The van der Waals surface area contributed by atoms with E-state index in [0.29, 0.717) is 5.75 Å². The third kappa shape index (κ3) is 11.3. The van der Waals surface area contributed by atoms with Crippen LogP contribution in [0.1, 0.15) is 40.0 Å². The number of hydrogen-bond donors (Lipinski definition) is 7. The van der Waals surface area contributed by atoms with Crippen molar-refractivity contribution >= 4 is 41.4 Å². The molecule has 0 aromatic heterocycles. The molecule has 13 heteroatoms. The molecule has 0 spiro atoms. The van der Waals surface area contributed by atoms with Crippen LogP contribution >= 0.6 is 11.8 Å². The highest BCUT2D eigenvalue weighted by Gasteiger charge is 2.32. The molecule has 0 rings (SSSR count). The Hall–Kier alpha value is -2.38. The first-order chi connectivity index (χ1) is 14.8. The van der Waals surface area contributed by atoms with E-state index in [9.17, 15) is 34.2 Å². The van der Waals surface area contributed by atoms with Gasteiger partial charge >= 0.3 is 11.9 Å². The van der Waals surface area contributed by atoms with E-state index in [2.05, 4.69) is 16.0 Å². The van der Waals surface area contributed by atoms with Gasteiger partial charge in [0.1, 0.15) is 24.2 Å². The summed E-state index contributed by atoms with van der Waals surface area (Å²) < 4.78 is 0. The summed E-state index contributed by atoms with van der Waals surface area (Å²) in [6.07, 6.45) is 0.0960. The van der Waals surface area contributed by atoms with Gasteiger partial charge in [0.15, 0.2) is 0 Å². The number of carboxylic acids is 2. The number of hydrogen-bond acceptors (Lipinski definition) is 8. The highest BCUT2D eigenvalue weighted by Crippen LogP contribution is 2.08. The van der Waals surface area contributed by atoms with Crippen LogP contribution in [0.3, 0.4) is 0 Å². The highest BCUT2D eigenvalue weighted by molar-refractivity contribution is 7.98. The van der Waals surface area contributed by atoms with Crippen molar-refractivity contribution in [3.05, 3.63) is 0 Å². The molecule has 0 aliphatic carbocycles. The molecule has 3 amide bonds. The molecule has 0 saturated carbocycles. The number of aliphatic hydroxyl groups is 1. The maximum Gasteiger partial charge on any atom is 0.326 e. The minimum absolute atomic E-state index is 0.0725. The van der Waals surface area contributed by atoms with Crippen LogP contribution in [0.4, 0.5) is 0 Å². The van der Waals surface area contributed by atoms with Gasteiger partial charge in [0.25, 0.3) is 0 Å². The van der Waals surface area contributed by atoms with E-state index in [1.807, 2.05) is 0 Å². The number of nitrogens with two attached hydrogens (primary N) is 1. The lowest BCUT2D eigenvalue weighted by molar-refractivity contribution is -0.143. The standard InChI is InChI=1S/C19H34N4O8S/c1-9(2)7-12(16(27)21-11(19(30)31)5-6-32-4)22-17(28)13(8-14(25)26)23-18(29)15(20)10(3)24/h9-13,15,24H,5-8,20H2,1-4H3,(H,21,27)(H,22,28)(H,23,29)(H,25,26)(H,30,31). The summed E-state index contributed by atoms with van der Waals surface area (Å²) in [4.78, 5) is 60.1. The van der Waals surface area contributed by atoms with E-state index in [4.69, 9.17) is 10.8 Å². The summed E-state index contributed by atoms with van der Waals surface area (Å²) in [6, 6.07) is -5.25. The molecule has 0 aromatic rings. The Morgan fingerprint density at radius 1 is 0.875 bits per heavy atom. The number of aliphatic carboxylic acids is 2. The van der Waals surface area contributed by atoms with E-state index in [1.54, 1.807) is 20.1 Å². The van der Waals surface area contributed by atoms with Gasteiger partial charge in [0, 0.05) is 0 Å². The second-order valence-electron chi connectivity index (χ2n) is 7.80. The van der Waals surface area contributed by atoms with Gasteiger partial charge in [0.2, 0.25) is 17.7 Å². The van der Waals surface area contributed by atoms with E-state index in [0.717, 1.165) is 0 Å². The zero-order valence-corrected chi connectivity index (χ0v) is 19.5. The van der Waals surface area contributed by atoms with Crippen LogP contribution in [0.2, 0.25) is 0 Å². The summed E-state index contributed by atoms with van der Waals surface area (Å²) in [5, 5.41) is 34.8. The number of rotatable bonds is 15. The Bertz CT molecular complexity index is 674. The fraction of sp³-hybridized carbons (Fsp3) is 0.737. The van der Waals surface area contributed by atoms with Crippen molar-refractivity contribution in [2.24, 2.45) is 11.7 Å². The van der Waals surface area contributed by atoms with E-state index >= 15 is 0 Å². The van der Waals surface area contributed by atoms with Gasteiger partial charge in [0.05, 0.1) is 12.5 Å². The van der Waals surface area contributed by atoms with Crippen LogP contribution in [0.5, 0.6) is 0 Å². The Kier molecular flexibility index (Phi) is 13.5. The maximum atomic E-state index is 12.7. The van der Waals surface area contributed by atoms with Crippen molar-refractivity contribution < 1.29 is 39.3 Å². The molecule has 5 atom stereocenters. The van der Waals surface area contributed by atoms with Crippen molar-refractivity contribution in [2.75, 3.05) is 12.0 Å². The van der Waals surface area contributed by atoms with Crippen LogP contribution in [-0.4, -0.2) is 87.3 Å². The first kappa shape index (κ1) is 29.6. The van der Waals surface area contributed by atoms with E-state index < -0.39 is 66.4 Å². The van der Waals surface area contributed by atoms with Crippen LogP contribution < -0.4 is 21.7 Å². The van der Waals surface area contributed by atoms with E-state index in [1.165, 1.54) is 18.7 Å². The van der Waals surface area contributed by atoms with Gasteiger partial charge in [-0.2, -0.15) is 11.8 Å². The Morgan fingerprint density at radius 3 is 1.81 bits per heavy atom. The number of carboxylic acid groups (broad SMARTS) is 2. The highest BCUT2D eigenvalue weighted by atomic mass is 32.2. The second kappa shape index (κ2) is 14.6. The van der Waals surface area contributed by atoms with Gasteiger partial charge in [-0.05, 0) is 37.7 Å². The van der Waals surface area contributed by atoms with Gasteiger partial charge < -0.3 is 37.0 Å². The largest absolute Gasteiger partial charge is 0.481 e. The molecule has 0 heterocycles. The molecule has 0 bridgehead atoms. The van der Waals surface area contributed by atoms with Crippen molar-refractivity contribution in [3.63, 3.8) is 0 Å². The van der Waals surface area contributed by atoms with Gasteiger partial charge in [-0.15, -0.1) is 0 Å². The number of nitrogens with one attached hydrogen (secondary N) is 3. The first-order valence-corrected chi connectivity index (χ1v) is 11.5. The molecule has 0 aliphatic rings. The van der Waals surface area contributed by atoms with Crippen LogP contribution in [-0.2, 0) is 24.0 Å². The first-order valence-electron chi connectivity index (χ1n) is 10.1. The summed E-state index contributed by atoms with van der Waals surface area (Å²) in [5.41, 5.74) is 5.52. The lowest BCUT2D eigenvalue weighted by atomic mass is 10.0. The van der Waals surface area contributed by atoms with Crippen LogP contribution in [0.15, 0.2) is 0 Å². The topological polar surface area (TPSA) is 208 Å². The molecule has 0 aromatic carbocycles. The Morgan fingerprint density at radius 2 is 1.38 bits per heavy atom. The third-order valence-corrected chi connectivity index (χ3v) is 5.04. The van der Waals surface area contributed by atoms with Gasteiger partial charge in [-0.1, -0.05) is 13.8 Å². The molecule has 8 N–H and O–H groups in total. The molecule has 0 aliphatic heterocycles. The van der Waals surface area contributed by atoms with Gasteiger partial charge in [-0.25, -0.2) is 4.79 Å². The Balaban J connectivity index is 5.49. The maximum absolute atomic E-state index is 12.7. The minimum Gasteiger partial charge on any atom is -0.481 e. The summed E-state index contributed by atoms with van der Waals surface area (Å²) in [5.74, 6) is -4.80. The number of amides is 3. The molecule has 12 nitrogen and oxygen atoms in total. The lowest BCUT2D eigenvalue weighted by Gasteiger charge is -2.26. The van der Waals surface area contributed by atoms with Crippen molar-refractivity contribution in [1.29, 1.82) is 0 Å². The lowest BCUT2D eigenvalue weighted by Crippen LogP contribution is -2.58. The number of carbonyl (C=O) groups is 5. The molecular formula is C19H34N4O8S. The normalized spacial score (nSPS) is 15.7. The number of carbonyl (C=O) groups excluding carboxylic acids is 3. The third-order valence-electron chi connectivity index (χ3n) is 4.40. The average Bonchev–Trinajstić information content (AvgIpc) is 2.67. The van der Waals surface area contributed by atoms with Crippen molar-refractivity contribution in [1.82, 2.24) is 16.0 Å². The minimum atomic E-state index is -1.56. The van der Waals surface area contributed by atoms with E-state index in [-0.39, 0.29) is 18.8 Å². The Labute approximate surface area is 191 Å². The zero-order chi connectivity index (χ0) is 25.0. The predicted octanol–water partition coefficient (Wildman–Crippen LogP) is -1.49. The SMILES string of the molecule is CSCCC(NC(=O)C(CC(C)C)NC(=O)C(CC(=O)O)NC(=O)C(N)C(C)O)C(=O)O. The molecule has 32 heavy (non-hydrogen) atoms. The van der Waals surface area contributed by atoms with Crippen LogP contribution in [0.25, 0.3) is 0 Å².